The van der Waals surface area contributed by atoms with Gasteiger partial charge in [0.2, 0.25) is 0 Å². The molecule has 0 radical (unpaired) electrons. The van der Waals surface area contributed by atoms with Gasteiger partial charge in [-0.05, 0) is 73.6 Å². The van der Waals surface area contributed by atoms with E-state index in [1.165, 1.54) is 5.56 Å². The number of anilines is 2. The molecule has 1 aliphatic rings. The van der Waals surface area contributed by atoms with Crippen LogP contribution in [0.1, 0.15) is 77.1 Å². The van der Waals surface area contributed by atoms with Crippen molar-refractivity contribution in [1.82, 2.24) is 9.97 Å². The Morgan fingerprint density at radius 3 is 2.60 bits per heavy atom. The topological polar surface area (TPSA) is 90.1 Å². The molecule has 1 aromatic carbocycles. The molecule has 1 atom stereocenters. The van der Waals surface area contributed by atoms with Crippen LogP contribution in [0.4, 0.5) is 11.5 Å². The predicted molar refractivity (Wildman–Crippen MR) is 141 cm³/mol. The summed E-state index contributed by atoms with van der Waals surface area (Å²) in [7, 11) is 0. The molecule has 0 unspecified atom stereocenters. The van der Waals surface area contributed by atoms with Crippen molar-refractivity contribution in [1.29, 1.82) is 0 Å². The molecule has 0 spiro atoms. The first kappa shape index (κ1) is 24.6. The van der Waals surface area contributed by atoms with Gasteiger partial charge in [-0.25, -0.2) is 4.98 Å². The Hall–Kier alpha value is -3.51. The molecule has 2 aromatic heterocycles. The number of nitrogens with zero attached hydrogens (tertiary/aromatic N) is 2. The standard InChI is InChI=1S/C29H34N4O2/c1-5-21-23(24(15-30)26-10-7-18(3)16-31-26)8-11-27(29(21)19(4)34)33-28-12-9-22(25(6-2)32-28)20-13-14-35-17-20/h7-12,15-16,20H,5-6,13-14,17,30H2,1-4H3,(H,32,33)/t20-/m0/s1. The average Bonchev–Trinajstić information content (AvgIpc) is 3.40. The summed E-state index contributed by atoms with van der Waals surface area (Å²) in [4.78, 5) is 22.3. The van der Waals surface area contributed by atoms with E-state index in [1.54, 1.807) is 13.1 Å². The number of hydrogen-bond donors (Lipinski definition) is 2. The minimum Gasteiger partial charge on any atom is -0.404 e. The molecule has 0 saturated carbocycles. The SMILES string of the molecule is CCc1nc(Nc2ccc(C(=CN)c3ccc(C)cn3)c(CC)c2C(C)=O)ccc1[C@H]1CCOC1. The number of ketones is 1. The van der Waals surface area contributed by atoms with Crippen LogP contribution >= 0.6 is 0 Å². The number of nitrogens with two attached hydrogens (primary N) is 1. The van der Waals surface area contributed by atoms with Crippen molar-refractivity contribution in [2.45, 2.75) is 52.9 Å². The zero-order valence-electron chi connectivity index (χ0n) is 21.0. The Balaban J connectivity index is 1.74. The van der Waals surface area contributed by atoms with Crippen LogP contribution in [0.2, 0.25) is 0 Å². The molecule has 0 amide bonds. The van der Waals surface area contributed by atoms with E-state index in [4.69, 9.17) is 15.5 Å². The second-order valence-electron chi connectivity index (χ2n) is 9.00. The lowest BCUT2D eigenvalue weighted by Gasteiger charge is -2.20. The molecule has 0 aliphatic carbocycles. The number of hydrogen-bond acceptors (Lipinski definition) is 6. The summed E-state index contributed by atoms with van der Waals surface area (Å²) in [5, 5.41) is 3.42. The van der Waals surface area contributed by atoms with E-state index in [0.29, 0.717) is 17.9 Å². The highest BCUT2D eigenvalue weighted by Gasteiger charge is 2.22. The maximum absolute atomic E-state index is 12.9. The van der Waals surface area contributed by atoms with Crippen molar-refractivity contribution in [2.75, 3.05) is 18.5 Å². The second-order valence-corrected chi connectivity index (χ2v) is 9.00. The van der Waals surface area contributed by atoms with Gasteiger partial charge in [0.25, 0.3) is 0 Å². The summed E-state index contributed by atoms with van der Waals surface area (Å²) in [6, 6.07) is 12.1. The fourth-order valence-corrected chi connectivity index (χ4v) is 4.87. The van der Waals surface area contributed by atoms with Gasteiger partial charge >= 0.3 is 0 Å². The van der Waals surface area contributed by atoms with Crippen molar-refractivity contribution in [3.63, 3.8) is 0 Å². The van der Waals surface area contributed by atoms with Gasteiger partial charge in [0.1, 0.15) is 5.82 Å². The zero-order valence-corrected chi connectivity index (χ0v) is 21.0. The van der Waals surface area contributed by atoms with Crippen LogP contribution in [0.15, 0.2) is 48.8 Å². The zero-order chi connectivity index (χ0) is 24.9. The van der Waals surface area contributed by atoms with E-state index < -0.39 is 0 Å². The molecule has 0 bridgehead atoms. The van der Waals surface area contributed by atoms with E-state index in [2.05, 4.69) is 30.2 Å². The Morgan fingerprint density at radius 2 is 2.00 bits per heavy atom. The van der Waals surface area contributed by atoms with Crippen LogP contribution in [0.3, 0.4) is 0 Å². The van der Waals surface area contributed by atoms with Crippen LogP contribution < -0.4 is 11.1 Å². The monoisotopic (exact) mass is 470 g/mol. The Bertz CT molecular complexity index is 1240. The van der Waals surface area contributed by atoms with Gasteiger partial charge in [-0.1, -0.05) is 32.0 Å². The van der Waals surface area contributed by atoms with Gasteiger partial charge in [-0.3, -0.25) is 9.78 Å². The fourth-order valence-electron chi connectivity index (χ4n) is 4.87. The average molecular weight is 471 g/mol. The number of carbonyl (C=O) groups excluding carboxylic acids is 1. The van der Waals surface area contributed by atoms with Crippen LogP contribution in [0.5, 0.6) is 0 Å². The van der Waals surface area contributed by atoms with Gasteiger partial charge in [0, 0.05) is 41.8 Å². The maximum Gasteiger partial charge on any atom is 0.162 e. The first-order valence-electron chi connectivity index (χ1n) is 12.3. The van der Waals surface area contributed by atoms with E-state index in [9.17, 15) is 4.79 Å². The first-order valence-corrected chi connectivity index (χ1v) is 12.3. The molecule has 3 aromatic rings. The van der Waals surface area contributed by atoms with Crippen LogP contribution in [-0.4, -0.2) is 29.0 Å². The van der Waals surface area contributed by atoms with Gasteiger partial charge in [-0.15, -0.1) is 0 Å². The Labute approximate surface area is 207 Å². The summed E-state index contributed by atoms with van der Waals surface area (Å²) in [6.45, 7) is 9.34. The lowest BCUT2D eigenvalue weighted by atomic mass is 9.89. The van der Waals surface area contributed by atoms with E-state index in [0.717, 1.165) is 71.2 Å². The van der Waals surface area contributed by atoms with Crippen molar-refractivity contribution in [3.8, 4) is 0 Å². The number of carbonyl (C=O) groups is 1. The molecule has 3 N–H and O–H groups in total. The first-order chi connectivity index (χ1) is 17.0. The fraction of sp³-hybridized carbons (Fsp3) is 0.345. The normalized spacial score (nSPS) is 15.9. The highest BCUT2D eigenvalue weighted by atomic mass is 16.5. The van der Waals surface area contributed by atoms with Gasteiger partial charge in [-0.2, -0.15) is 0 Å². The third kappa shape index (κ3) is 5.13. The number of ether oxygens (including phenoxy) is 1. The predicted octanol–water partition coefficient (Wildman–Crippen LogP) is 5.71. The largest absolute Gasteiger partial charge is 0.404 e. The third-order valence-electron chi connectivity index (χ3n) is 6.64. The van der Waals surface area contributed by atoms with E-state index in [-0.39, 0.29) is 5.78 Å². The molecule has 35 heavy (non-hydrogen) atoms. The van der Waals surface area contributed by atoms with Gasteiger partial charge < -0.3 is 15.8 Å². The molecule has 182 valence electrons. The molecule has 3 heterocycles. The Kier molecular flexibility index (Phi) is 7.61. The molecule has 6 heteroatoms. The van der Waals surface area contributed by atoms with Crippen molar-refractivity contribution in [3.05, 3.63) is 88.0 Å². The highest BCUT2D eigenvalue weighted by molar-refractivity contribution is 6.03. The van der Waals surface area contributed by atoms with Gasteiger partial charge in [0.15, 0.2) is 5.78 Å². The Morgan fingerprint density at radius 1 is 1.17 bits per heavy atom. The minimum absolute atomic E-state index is 0.00474. The summed E-state index contributed by atoms with van der Waals surface area (Å²) in [5.41, 5.74) is 14.3. The number of nitrogens with one attached hydrogen (secondary N) is 1. The number of pyridine rings is 2. The molecule has 6 nitrogen and oxygen atoms in total. The molecule has 1 aliphatic heterocycles. The number of aromatic nitrogens is 2. The summed E-state index contributed by atoms with van der Waals surface area (Å²) < 4.78 is 5.58. The lowest BCUT2D eigenvalue weighted by molar-refractivity contribution is 0.101. The summed E-state index contributed by atoms with van der Waals surface area (Å²) in [5.74, 6) is 1.13. The van der Waals surface area contributed by atoms with E-state index >= 15 is 0 Å². The number of rotatable bonds is 8. The molecular weight excluding hydrogens is 436 g/mol. The maximum atomic E-state index is 12.9. The summed E-state index contributed by atoms with van der Waals surface area (Å²) >= 11 is 0. The molecule has 1 fully saturated rings. The van der Waals surface area contributed by atoms with Crippen LogP contribution in [-0.2, 0) is 17.6 Å². The number of benzene rings is 1. The molecule has 4 rings (SSSR count). The quantitative estimate of drug-likeness (QED) is 0.410. The minimum atomic E-state index is -0.00474. The molecular formula is C29H34N4O2. The highest BCUT2D eigenvalue weighted by Crippen LogP contribution is 2.34. The molecule has 1 saturated heterocycles. The van der Waals surface area contributed by atoms with Crippen LogP contribution in [0.25, 0.3) is 5.57 Å². The summed E-state index contributed by atoms with van der Waals surface area (Å²) in [6.07, 6.45) is 5.95. The van der Waals surface area contributed by atoms with Crippen LogP contribution in [0, 0.1) is 6.92 Å². The van der Waals surface area contributed by atoms with Gasteiger partial charge in [0.05, 0.1) is 18.0 Å². The second kappa shape index (κ2) is 10.8. The lowest BCUT2D eigenvalue weighted by Crippen LogP contribution is -2.10. The van der Waals surface area contributed by atoms with Crippen molar-refractivity contribution in [2.24, 2.45) is 5.73 Å². The smallest absolute Gasteiger partial charge is 0.162 e. The van der Waals surface area contributed by atoms with E-state index in [1.807, 2.05) is 43.5 Å². The number of Topliss-reactive ketones (excluding diaryl/α,β-unsaturated/α-hetero) is 1. The third-order valence-corrected chi connectivity index (χ3v) is 6.64. The van der Waals surface area contributed by atoms with Crippen molar-refractivity contribution < 1.29 is 9.53 Å². The van der Waals surface area contributed by atoms with Crippen molar-refractivity contribution >= 4 is 22.9 Å². The number of aryl methyl sites for hydroxylation is 2.